The summed E-state index contributed by atoms with van der Waals surface area (Å²) in [4.78, 5) is 25.6. The molecule has 98 valence electrons. The number of benzene rings is 1. The van der Waals surface area contributed by atoms with Crippen LogP contribution in [0.1, 0.15) is 27.0 Å². The monoisotopic (exact) mass is 257 g/mol. The van der Waals surface area contributed by atoms with Gasteiger partial charge < -0.3 is 0 Å². The van der Waals surface area contributed by atoms with Gasteiger partial charge in [0, 0.05) is 12.4 Å². The number of hydrogen-bond donors (Lipinski definition) is 0. The van der Waals surface area contributed by atoms with Gasteiger partial charge in [-0.3, -0.25) is 9.87 Å². The highest BCUT2D eigenvalue weighted by Crippen LogP contribution is 2.24. The number of nitrogens with zero attached hydrogens (tertiary/aromatic N) is 1. The molecule has 0 amide bonds. The summed E-state index contributed by atoms with van der Waals surface area (Å²) in [6.07, 6.45) is 3.02. The van der Waals surface area contributed by atoms with Crippen LogP contribution in [-0.4, -0.2) is 11.0 Å². The Morgan fingerprint density at radius 2 is 1.84 bits per heavy atom. The van der Waals surface area contributed by atoms with Gasteiger partial charge in [0.15, 0.2) is 5.75 Å². The van der Waals surface area contributed by atoms with Gasteiger partial charge in [-0.05, 0) is 44.0 Å². The molecule has 2 rings (SSSR count). The lowest BCUT2D eigenvalue weighted by Gasteiger charge is -2.10. The predicted molar refractivity (Wildman–Crippen MR) is 70.9 cm³/mol. The molecular weight excluding hydrogens is 242 g/mol. The predicted octanol–water partition coefficient (Wildman–Crippen LogP) is 3.16. The van der Waals surface area contributed by atoms with Crippen LogP contribution in [0.4, 0.5) is 0 Å². The molecule has 0 aliphatic rings. The first-order valence-electron chi connectivity index (χ1n) is 5.94. The van der Waals surface area contributed by atoms with Gasteiger partial charge in [0.05, 0.1) is 5.56 Å². The Kier molecular flexibility index (Phi) is 3.80. The number of aromatic nitrogens is 1. The van der Waals surface area contributed by atoms with Crippen molar-refractivity contribution in [2.24, 2.45) is 0 Å². The average Bonchev–Trinajstić information content (AvgIpc) is 2.38. The molecule has 4 heteroatoms. The lowest BCUT2D eigenvalue weighted by Crippen LogP contribution is -2.10. The third kappa shape index (κ3) is 3.10. The molecule has 1 heterocycles. The van der Waals surface area contributed by atoms with E-state index in [1.807, 2.05) is 32.9 Å². The molecular formula is C15H15NO3. The van der Waals surface area contributed by atoms with Gasteiger partial charge in [0.1, 0.15) is 0 Å². The van der Waals surface area contributed by atoms with Crippen molar-refractivity contribution in [3.05, 3.63) is 58.9 Å². The molecule has 0 saturated carbocycles. The molecule has 0 spiro atoms. The van der Waals surface area contributed by atoms with Crippen LogP contribution in [0.25, 0.3) is 0 Å². The maximum Gasteiger partial charge on any atom is 0.387 e. The van der Waals surface area contributed by atoms with E-state index in [1.165, 1.54) is 6.20 Å². The first-order valence-corrected chi connectivity index (χ1v) is 5.94. The number of hydrogen-bond acceptors (Lipinski definition) is 4. The van der Waals surface area contributed by atoms with Crippen molar-refractivity contribution < 1.29 is 14.6 Å². The van der Waals surface area contributed by atoms with Crippen LogP contribution >= 0.6 is 0 Å². The first kappa shape index (κ1) is 13.1. The molecule has 2 aromatic rings. The van der Waals surface area contributed by atoms with Crippen molar-refractivity contribution >= 4 is 5.97 Å². The number of rotatable bonds is 3. The standard InChI is InChI=1S/C15H15NO3/c1-10-7-11(2)14(12(3)8-10)18-19-15(17)13-5-4-6-16-9-13/h4-9H,1-3H3. The topological polar surface area (TPSA) is 48.4 Å². The summed E-state index contributed by atoms with van der Waals surface area (Å²) < 4.78 is 0. The average molecular weight is 257 g/mol. The highest BCUT2D eigenvalue weighted by Gasteiger charge is 2.12. The Balaban J connectivity index is 2.10. The van der Waals surface area contributed by atoms with Crippen molar-refractivity contribution in [1.29, 1.82) is 0 Å². The van der Waals surface area contributed by atoms with Gasteiger partial charge in [-0.15, -0.1) is 0 Å². The van der Waals surface area contributed by atoms with Crippen LogP contribution in [0.15, 0.2) is 36.7 Å². The van der Waals surface area contributed by atoms with E-state index >= 15 is 0 Å². The molecule has 0 aliphatic heterocycles. The molecule has 1 aromatic carbocycles. The number of carbonyl (C=O) groups is 1. The molecule has 1 aromatic heterocycles. The maximum absolute atomic E-state index is 11.7. The molecule has 0 N–H and O–H groups in total. The zero-order valence-electron chi connectivity index (χ0n) is 11.1. The Bertz CT molecular complexity index is 571. The van der Waals surface area contributed by atoms with Crippen LogP contribution in [0.3, 0.4) is 0 Å². The zero-order valence-corrected chi connectivity index (χ0v) is 11.1. The molecule has 0 unspecified atom stereocenters. The van der Waals surface area contributed by atoms with E-state index in [0.29, 0.717) is 11.3 Å². The zero-order chi connectivity index (χ0) is 13.8. The number of aryl methyl sites for hydroxylation is 3. The third-order valence-corrected chi connectivity index (χ3v) is 2.70. The first-order chi connectivity index (χ1) is 9.08. The molecule has 19 heavy (non-hydrogen) atoms. The summed E-state index contributed by atoms with van der Waals surface area (Å²) in [5, 5.41) is 0. The van der Waals surface area contributed by atoms with Crippen LogP contribution in [-0.2, 0) is 4.89 Å². The third-order valence-electron chi connectivity index (χ3n) is 2.70. The lowest BCUT2D eigenvalue weighted by atomic mass is 10.1. The summed E-state index contributed by atoms with van der Waals surface area (Å²) in [5.41, 5.74) is 3.35. The van der Waals surface area contributed by atoms with Crippen molar-refractivity contribution in [3.63, 3.8) is 0 Å². The Hall–Kier alpha value is -2.36. The van der Waals surface area contributed by atoms with Gasteiger partial charge in [0.25, 0.3) is 0 Å². The Morgan fingerprint density at radius 1 is 1.16 bits per heavy atom. The maximum atomic E-state index is 11.7. The van der Waals surface area contributed by atoms with E-state index in [9.17, 15) is 4.79 Å². The summed E-state index contributed by atoms with van der Waals surface area (Å²) in [5.74, 6) is 0.00955. The van der Waals surface area contributed by atoms with Crippen LogP contribution in [0.2, 0.25) is 0 Å². The van der Waals surface area contributed by atoms with Gasteiger partial charge >= 0.3 is 5.97 Å². The molecule has 0 aliphatic carbocycles. The smallest absolute Gasteiger partial charge is 0.286 e. The normalized spacial score (nSPS) is 10.1. The molecule has 0 saturated heterocycles. The Morgan fingerprint density at radius 3 is 2.42 bits per heavy atom. The molecule has 0 radical (unpaired) electrons. The van der Waals surface area contributed by atoms with Gasteiger partial charge in [-0.1, -0.05) is 17.7 Å². The fourth-order valence-corrected chi connectivity index (χ4v) is 1.91. The number of pyridine rings is 1. The summed E-state index contributed by atoms with van der Waals surface area (Å²) in [6.45, 7) is 5.83. The second-order valence-electron chi connectivity index (χ2n) is 4.42. The van der Waals surface area contributed by atoms with E-state index in [4.69, 9.17) is 9.78 Å². The fourth-order valence-electron chi connectivity index (χ4n) is 1.91. The van der Waals surface area contributed by atoms with Gasteiger partial charge in [-0.25, -0.2) is 9.68 Å². The van der Waals surface area contributed by atoms with Gasteiger partial charge in [0.2, 0.25) is 0 Å². The van der Waals surface area contributed by atoms with Crippen molar-refractivity contribution in [1.82, 2.24) is 4.98 Å². The summed E-state index contributed by atoms with van der Waals surface area (Å²) in [6, 6.07) is 7.23. The number of carbonyl (C=O) groups excluding carboxylic acids is 1. The molecule has 0 fully saturated rings. The van der Waals surface area contributed by atoms with Crippen LogP contribution < -0.4 is 4.89 Å². The second-order valence-corrected chi connectivity index (χ2v) is 4.42. The highest BCUT2D eigenvalue weighted by atomic mass is 17.2. The van der Waals surface area contributed by atoms with E-state index in [0.717, 1.165) is 16.7 Å². The van der Waals surface area contributed by atoms with E-state index < -0.39 is 5.97 Å². The minimum Gasteiger partial charge on any atom is -0.286 e. The molecule has 4 nitrogen and oxygen atoms in total. The minimum atomic E-state index is -0.563. The van der Waals surface area contributed by atoms with Crippen molar-refractivity contribution in [3.8, 4) is 5.75 Å². The quantitative estimate of drug-likeness (QED) is 0.626. The van der Waals surface area contributed by atoms with Crippen LogP contribution in [0, 0.1) is 20.8 Å². The fraction of sp³-hybridized carbons (Fsp3) is 0.200. The Labute approximate surface area is 111 Å². The molecule has 0 bridgehead atoms. The van der Waals surface area contributed by atoms with Gasteiger partial charge in [-0.2, -0.15) is 0 Å². The van der Waals surface area contributed by atoms with Crippen molar-refractivity contribution in [2.75, 3.05) is 0 Å². The summed E-state index contributed by atoms with van der Waals surface area (Å²) >= 11 is 0. The van der Waals surface area contributed by atoms with E-state index in [1.54, 1.807) is 18.3 Å². The minimum absolute atomic E-state index is 0.352. The largest absolute Gasteiger partial charge is 0.387 e. The van der Waals surface area contributed by atoms with Crippen LogP contribution in [0.5, 0.6) is 5.75 Å². The van der Waals surface area contributed by atoms with E-state index in [2.05, 4.69) is 4.98 Å². The highest BCUT2D eigenvalue weighted by molar-refractivity contribution is 5.88. The summed E-state index contributed by atoms with van der Waals surface area (Å²) in [7, 11) is 0. The lowest BCUT2D eigenvalue weighted by molar-refractivity contribution is -0.150. The van der Waals surface area contributed by atoms with Crippen molar-refractivity contribution in [2.45, 2.75) is 20.8 Å². The molecule has 0 atom stereocenters. The van der Waals surface area contributed by atoms with E-state index in [-0.39, 0.29) is 0 Å². The SMILES string of the molecule is Cc1cc(C)c(OOC(=O)c2cccnc2)c(C)c1. The second kappa shape index (κ2) is 5.52.